The van der Waals surface area contributed by atoms with E-state index in [1.807, 2.05) is 0 Å². The third-order valence-corrected chi connectivity index (χ3v) is 3.95. The number of hydrogen-bond donors (Lipinski definition) is 3. The number of carbonyl (C=O) groups is 2. The van der Waals surface area contributed by atoms with Gasteiger partial charge in [-0.05, 0) is 31.5 Å². The van der Waals surface area contributed by atoms with Gasteiger partial charge in [0.15, 0.2) is 0 Å². The Bertz CT molecular complexity index is 637. The van der Waals surface area contributed by atoms with Crippen molar-refractivity contribution in [1.29, 1.82) is 0 Å². The molecule has 0 radical (unpaired) electrons. The lowest BCUT2D eigenvalue weighted by molar-refractivity contribution is -0.133. The van der Waals surface area contributed by atoms with Crippen molar-refractivity contribution in [2.45, 2.75) is 19.8 Å². The molecule has 0 aliphatic carbocycles. The number of hydrogen-bond acceptors (Lipinski definition) is 3. The predicted molar refractivity (Wildman–Crippen MR) is 80.7 cm³/mol. The predicted octanol–water partition coefficient (Wildman–Crippen LogP) is 2.85. The maximum absolute atomic E-state index is 11.6. The smallest absolute Gasteiger partial charge is 0.334 e. The standard InChI is InChI=1S/C15H14BrNO4/c1-7-11(14(18)19)13(9-3-5-10(16)6-4-9)12(15(20)21)8(2)17-7/h3-6,13,17H,1-2H3,(H,18,19)(H,20,21). The average Bonchev–Trinajstić information content (AvgIpc) is 2.37. The number of nitrogens with one attached hydrogen (secondary N) is 1. The van der Waals surface area contributed by atoms with E-state index in [0.29, 0.717) is 17.0 Å². The zero-order valence-corrected chi connectivity index (χ0v) is 13.1. The van der Waals surface area contributed by atoms with Crippen molar-refractivity contribution in [2.75, 3.05) is 0 Å². The molecular formula is C15H14BrNO4. The molecule has 1 aromatic carbocycles. The maximum Gasteiger partial charge on any atom is 0.334 e. The van der Waals surface area contributed by atoms with Gasteiger partial charge in [0.25, 0.3) is 0 Å². The molecule has 0 unspecified atom stereocenters. The van der Waals surface area contributed by atoms with Crippen LogP contribution in [-0.4, -0.2) is 22.2 Å². The molecular weight excluding hydrogens is 338 g/mol. The largest absolute Gasteiger partial charge is 0.478 e. The molecule has 0 fully saturated rings. The summed E-state index contributed by atoms with van der Waals surface area (Å²) in [7, 11) is 0. The number of allylic oxidation sites excluding steroid dienone is 2. The Morgan fingerprint density at radius 1 is 1.00 bits per heavy atom. The molecule has 1 aliphatic rings. The fourth-order valence-electron chi connectivity index (χ4n) is 2.55. The van der Waals surface area contributed by atoms with Gasteiger partial charge < -0.3 is 15.5 Å². The van der Waals surface area contributed by atoms with Crippen molar-refractivity contribution in [2.24, 2.45) is 0 Å². The van der Waals surface area contributed by atoms with Crippen molar-refractivity contribution in [3.63, 3.8) is 0 Å². The number of benzene rings is 1. The van der Waals surface area contributed by atoms with Crippen molar-refractivity contribution < 1.29 is 19.8 Å². The molecule has 0 bridgehead atoms. The van der Waals surface area contributed by atoms with Gasteiger partial charge in [-0.1, -0.05) is 28.1 Å². The molecule has 0 saturated carbocycles. The highest BCUT2D eigenvalue weighted by Crippen LogP contribution is 2.38. The Hall–Kier alpha value is -2.08. The van der Waals surface area contributed by atoms with E-state index >= 15 is 0 Å². The summed E-state index contributed by atoms with van der Waals surface area (Å²) in [6.45, 7) is 3.27. The molecule has 2 rings (SSSR count). The van der Waals surface area contributed by atoms with Crippen LogP contribution in [0.25, 0.3) is 0 Å². The third-order valence-electron chi connectivity index (χ3n) is 3.42. The molecule has 1 heterocycles. The van der Waals surface area contributed by atoms with Gasteiger partial charge in [0.05, 0.1) is 17.1 Å². The second kappa shape index (κ2) is 5.73. The van der Waals surface area contributed by atoms with Gasteiger partial charge >= 0.3 is 11.9 Å². The summed E-state index contributed by atoms with van der Waals surface area (Å²) >= 11 is 3.31. The van der Waals surface area contributed by atoms with E-state index in [2.05, 4.69) is 21.2 Å². The first kappa shape index (κ1) is 15.3. The Morgan fingerprint density at radius 3 is 1.81 bits per heavy atom. The van der Waals surface area contributed by atoms with Gasteiger partial charge in [-0.2, -0.15) is 0 Å². The average molecular weight is 352 g/mol. The zero-order valence-electron chi connectivity index (χ0n) is 11.5. The molecule has 1 aromatic rings. The lowest BCUT2D eigenvalue weighted by Gasteiger charge is -2.28. The highest BCUT2D eigenvalue weighted by Gasteiger charge is 2.36. The number of carboxylic acids is 2. The molecule has 21 heavy (non-hydrogen) atoms. The van der Waals surface area contributed by atoms with E-state index in [1.165, 1.54) is 0 Å². The van der Waals surface area contributed by atoms with Crippen molar-refractivity contribution in [3.05, 3.63) is 56.8 Å². The minimum atomic E-state index is -1.13. The molecule has 6 heteroatoms. The summed E-state index contributed by atoms with van der Waals surface area (Å²) in [6, 6.07) is 6.99. The van der Waals surface area contributed by atoms with Crippen LogP contribution >= 0.6 is 15.9 Å². The normalized spacial score (nSPS) is 16.0. The van der Waals surface area contributed by atoms with Crippen LogP contribution in [0.5, 0.6) is 0 Å². The van der Waals surface area contributed by atoms with Gasteiger partial charge in [0.1, 0.15) is 0 Å². The minimum absolute atomic E-state index is 0.0559. The van der Waals surface area contributed by atoms with Crippen LogP contribution in [0.2, 0.25) is 0 Å². The van der Waals surface area contributed by atoms with Crippen LogP contribution in [0.1, 0.15) is 25.3 Å². The fourth-order valence-corrected chi connectivity index (χ4v) is 2.81. The SMILES string of the molecule is CC1=C(C(=O)O)C(c2ccc(Br)cc2)C(C(=O)O)=C(C)N1. The van der Waals surface area contributed by atoms with E-state index in [1.54, 1.807) is 38.1 Å². The second-order valence-electron chi connectivity index (χ2n) is 4.80. The first-order chi connectivity index (χ1) is 9.82. The lowest BCUT2D eigenvalue weighted by Crippen LogP contribution is -2.30. The monoisotopic (exact) mass is 351 g/mol. The molecule has 0 spiro atoms. The Morgan fingerprint density at radius 2 is 1.43 bits per heavy atom. The molecule has 5 nitrogen and oxygen atoms in total. The van der Waals surface area contributed by atoms with Crippen LogP contribution in [0.15, 0.2) is 51.3 Å². The molecule has 0 saturated heterocycles. The topological polar surface area (TPSA) is 86.6 Å². The van der Waals surface area contributed by atoms with Crippen molar-refractivity contribution >= 4 is 27.9 Å². The van der Waals surface area contributed by atoms with Crippen molar-refractivity contribution in [3.8, 4) is 0 Å². The highest BCUT2D eigenvalue weighted by atomic mass is 79.9. The lowest BCUT2D eigenvalue weighted by atomic mass is 9.80. The minimum Gasteiger partial charge on any atom is -0.478 e. The van der Waals surface area contributed by atoms with Crippen LogP contribution < -0.4 is 5.32 Å². The first-order valence-corrected chi connectivity index (χ1v) is 7.02. The molecule has 110 valence electrons. The number of carboxylic acid groups (broad SMARTS) is 2. The van der Waals surface area contributed by atoms with Crippen molar-refractivity contribution in [1.82, 2.24) is 5.32 Å². The molecule has 1 aliphatic heterocycles. The van der Waals surface area contributed by atoms with E-state index in [9.17, 15) is 19.8 Å². The summed E-state index contributed by atoms with van der Waals surface area (Å²) in [5, 5.41) is 21.8. The molecule has 0 atom stereocenters. The number of aliphatic carboxylic acids is 2. The van der Waals surface area contributed by atoms with Gasteiger partial charge in [-0.3, -0.25) is 0 Å². The quantitative estimate of drug-likeness (QED) is 0.779. The van der Waals surface area contributed by atoms with E-state index in [-0.39, 0.29) is 11.1 Å². The maximum atomic E-state index is 11.6. The van der Waals surface area contributed by atoms with E-state index in [4.69, 9.17) is 0 Å². The Labute approximate surface area is 130 Å². The second-order valence-corrected chi connectivity index (χ2v) is 5.71. The van der Waals surface area contributed by atoms with Gasteiger partial charge in [-0.15, -0.1) is 0 Å². The van der Waals surface area contributed by atoms with Crippen LogP contribution in [-0.2, 0) is 9.59 Å². The Kier molecular flexibility index (Phi) is 4.18. The first-order valence-electron chi connectivity index (χ1n) is 6.23. The van der Waals surface area contributed by atoms with Crippen LogP contribution in [0, 0.1) is 0 Å². The van der Waals surface area contributed by atoms with E-state index in [0.717, 1.165) is 4.47 Å². The fraction of sp³-hybridized carbons (Fsp3) is 0.200. The molecule has 0 amide bonds. The summed E-state index contributed by atoms with van der Waals surface area (Å²) in [4.78, 5) is 23.1. The van der Waals surface area contributed by atoms with Gasteiger partial charge in [-0.25, -0.2) is 9.59 Å². The summed E-state index contributed by atoms with van der Waals surface area (Å²) in [5.41, 5.74) is 1.66. The highest BCUT2D eigenvalue weighted by molar-refractivity contribution is 9.10. The number of rotatable bonds is 3. The molecule has 0 aromatic heterocycles. The number of halogens is 1. The zero-order chi connectivity index (χ0) is 15.7. The van der Waals surface area contributed by atoms with Gasteiger partial charge in [0.2, 0.25) is 0 Å². The van der Waals surface area contributed by atoms with Crippen LogP contribution in [0.4, 0.5) is 0 Å². The Balaban J connectivity index is 2.67. The van der Waals surface area contributed by atoms with Crippen LogP contribution in [0.3, 0.4) is 0 Å². The third kappa shape index (κ3) is 2.85. The summed E-state index contributed by atoms with van der Waals surface area (Å²) < 4.78 is 0.843. The summed E-state index contributed by atoms with van der Waals surface area (Å²) in [6.07, 6.45) is 0. The van der Waals surface area contributed by atoms with Gasteiger partial charge in [0, 0.05) is 15.9 Å². The number of dihydropyridines is 1. The van der Waals surface area contributed by atoms with E-state index < -0.39 is 17.9 Å². The molecule has 3 N–H and O–H groups in total. The summed E-state index contributed by atoms with van der Waals surface area (Å²) in [5.74, 6) is -3.05.